The summed E-state index contributed by atoms with van der Waals surface area (Å²) in [5.41, 5.74) is 2.11. The van der Waals surface area contributed by atoms with Crippen LogP contribution in [0, 0.1) is 0 Å². The Morgan fingerprint density at radius 2 is 2.11 bits per heavy atom. The molecule has 1 aromatic carbocycles. The first-order valence-electron chi connectivity index (χ1n) is 5.77. The van der Waals surface area contributed by atoms with E-state index in [1.807, 2.05) is 0 Å². The topological polar surface area (TPSA) is 50.2 Å². The van der Waals surface area contributed by atoms with E-state index in [1.54, 1.807) is 17.8 Å². The van der Waals surface area contributed by atoms with Crippen LogP contribution in [0.4, 0.5) is 5.69 Å². The third kappa shape index (κ3) is 2.54. The molecule has 1 aliphatic rings. The number of nitrogens with zero attached hydrogens (tertiary/aromatic N) is 3. The molecule has 1 N–H and O–H groups in total. The van der Waals surface area contributed by atoms with Crippen LogP contribution in [0.25, 0.3) is 11.0 Å². The third-order valence-electron chi connectivity index (χ3n) is 2.86. The van der Waals surface area contributed by atoms with Crippen LogP contribution in [0.5, 0.6) is 0 Å². The fraction of sp³-hybridized carbons (Fsp3) is 0.364. The van der Waals surface area contributed by atoms with Gasteiger partial charge in [0.1, 0.15) is 11.0 Å². The van der Waals surface area contributed by atoms with Crippen molar-refractivity contribution in [1.82, 2.24) is 8.75 Å². The normalized spacial score (nSPS) is 18.9. The van der Waals surface area contributed by atoms with Gasteiger partial charge in [0.05, 0.1) is 33.5 Å². The first-order chi connectivity index (χ1) is 9.19. The second-order valence-corrected chi connectivity index (χ2v) is 6.46. The van der Waals surface area contributed by atoms with Crippen LogP contribution in [-0.4, -0.2) is 25.7 Å². The molecular formula is C11H10Cl2N4S2. The maximum atomic E-state index is 6.24. The van der Waals surface area contributed by atoms with E-state index < -0.39 is 0 Å². The molecule has 0 fully saturated rings. The van der Waals surface area contributed by atoms with Crippen molar-refractivity contribution in [2.75, 3.05) is 11.1 Å². The van der Waals surface area contributed by atoms with Crippen molar-refractivity contribution in [3.8, 4) is 0 Å². The van der Waals surface area contributed by atoms with E-state index in [4.69, 9.17) is 23.2 Å². The van der Waals surface area contributed by atoms with Crippen LogP contribution in [0.3, 0.4) is 0 Å². The smallest absolute Gasteiger partial charge is 0.161 e. The van der Waals surface area contributed by atoms with E-state index >= 15 is 0 Å². The highest BCUT2D eigenvalue weighted by Crippen LogP contribution is 2.36. The Morgan fingerprint density at radius 1 is 1.32 bits per heavy atom. The van der Waals surface area contributed by atoms with Gasteiger partial charge in [0.25, 0.3) is 0 Å². The van der Waals surface area contributed by atoms with E-state index in [2.05, 4.69) is 26.0 Å². The molecule has 1 atom stereocenters. The summed E-state index contributed by atoms with van der Waals surface area (Å²) in [6.07, 6.45) is 1.04. The number of aromatic nitrogens is 2. The van der Waals surface area contributed by atoms with Gasteiger partial charge in [-0.15, -0.1) is 0 Å². The van der Waals surface area contributed by atoms with Gasteiger partial charge in [-0.1, -0.05) is 41.9 Å². The Hall–Kier alpha value is -0.560. The number of nitrogens with one attached hydrogen (secondary N) is 1. The van der Waals surface area contributed by atoms with E-state index in [0.29, 0.717) is 27.1 Å². The molecule has 8 heteroatoms. The van der Waals surface area contributed by atoms with Crippen molar-refractivity contribution >= 4 is 68.6 Å². The summed E-state index contributed by atoms with van der Waals surface area (Å²) in [6, 6.07) is 2.06. The quantitative estimate of drug-likeness (QED) is 0.891. The molecule has 0 radical (unpaired) electrons. The minimum atomic E-state index is 0.377. The standard InChI is InChI=1S/C11H10Cl2N4S2/c1-2-5-4-18-11(14-5)15-8-6(12)3-7(13)9-10(8)17-19-16-9/h3,5H,2,4H2,1H3,(H,14,15). The van der Waals surface area contributed by atoms with E-state index in [9.17, 15) is 0 Å². The monoisotopic (exact) mass is 332 g/mol. The second-order valence-electron chi connectivity index (χ2n) is 4.11. The van der Waals surface area contributed by atoms with Crippen molar-refractivity contribution in [3.63, 3.8) is 0 Å². The maximum Gasteiger partial charge on any atom is 0.161 e. The third-order valence-corrected chi connectivity index (χ3v) is 5.01. The molecule has 100 valence electrons. The van der Waals surface area contributed by atoms with Crippen LogP contribution >= 0.6 is 46.7 Å². The molecule has 0 saturated carbocycles. The Labute approximate surface area is 128 Å². The van der Waals surface area contributed by atoms with Crippen LogP contribution in [0.1, 0.15) is 13.3 Å². The van der Waals surface area contributed by atoms with Gasteiger partial charge in [-0.25, -0.2) is 0 Å². The first kappa shape index (κ1) is 13.4. The number of fused-ring (bicyclic) bond motifs is 1. The molecule has 1 unspecified atom stereocenters. The van der Waals surface area contributed by atoms with E-state index in [0.717, 1.165) is 34.8 Å². The van der Waals surface area contributed by atoms with Crippen molar-refractivity contribution < 1.29 is 0 Å². The summed E-state index contributed by atoms with van der Waals surface area (Å²) >= 11 is 15.2. The molecule has 0 saturated heterocycles. The summed E-state index contributed by atoms with van der Waals surface area (Å²) in [4.78, 5) is 4.59. The highest BCUT2D eigenvalue weighted by Gasteiger charge is 2.20. The number of benzene rings is 1. The molecule has 4 nitrogen and oxygen atoms in total. The zero-order chi connectivity index (χ0) is 13.4. The average Bonchev–Trinajstić information content (AvgIpc) is 3.03. The Morgan fingerprint density at radius 3 is 2.84 bits per heavy atom. The molecule has 2 heterocycles. The van der Waals surface area contributed by atoms with Gasteiger partial charge in [-0.3, -0.25) is 4.99 Å². The summed E-state index contributed by atoms with van der Waals surface area (Å²) < 4.78 is 8.44. The lowest BCUT2D eigenvalue weighted by atomic mass is 10.2. The van der Waals surface area contributed by atoms with Crippen molar-refractivity contribution in [3.05, 3.63) is 16.1 Å². The highest BCUT2D eigenvalue weighted by atomic mass is 35.5. The number of rotatable bonds is 2. The highest BCUT2D eigenvalue weighted by molar-refractivity contribution is 8.14. The molecule has 1 aromatic heterocycles. The summed E-state index contributed by atoms with van der Waals surface area (Å²) in [5, 5.41) is 5.19. The molecule has 19 heavy (non-hydrogen) atoms. The van der Waals surface area contributed by atoms with Crippen molar-refractivity contribution in [2.45, 2.75) is 19.4 Å². The van der Waals surface area contributed by atoms with Gasteiger partial charge < -0.3 is 5.32 Å². The summed E-state index contributed by atoms with van der Waals surface area (Å²) in [6.45, 7) is 2.13. The van der Waals surface area contributed by atoms with Crippen LogP contribution in [0.15, 0.2) is 11.1 Å². The van der Waals surface area contributed by atoms with Gasteiger partial charge in [-0.2, -0.15) is 8.75 Å². The lowest BCUT2D eigenvalue weighted by Crippen LogP contribution is -2.06. The van der Waals surface area contributed by atoms with Gasteiger partial charge >= 0.3 is 0 Å². The molecule has 2 aromatic rings. The zero-order valence-electron chi connectivity index (χ0n) is 9.98. The number of amidine groups is 1. The Balaban J connectivity index is 1.99. The van der Waals surface area contributed by atoms with Gasteiger partial charge in [0.2, 0.25) is 0 Å². The number of thioether (sulfide) groups is 1. The van der Waals surface area contributed by atoms with Crippen LogP contribution in [-0.2, 0) is 0 Å². The molecule has 3 rings (SSSR count). The fourth-order valence-electron chi connectivity index (χ4n) is 1.79. The number of anilines is 1. The summed E-state index contributed by atoms with van der Waals surface area (Å²) in [5.74, 6) is 1.00. The molecule has 1 aliphatic heterocycles. The first-order valence-corrected chi connectivity index (χ1v) is 8.24. The Kier molecular flexibility index (Phi) is 3.84. The minimum absolute atomic E-state index is 0.377. The lowest BCUT2D eigenvalue weighted by molar-refractivity contribution is 0.738. The molecule has 0 spiro atoms. The largest absolute Gasteiger partial charge is 0.332 e. The molecule has 0 aliphatic carbocycles. The number of hydrogen-bond acceptors (Lipinski definition) is 6. The number of aliphatic imine (C=N–C) groups is 1. The summed E-state index contributed by atoms with van der Waals surface area (Å²) in [7, 11) is 0. The van der Waals surface area contributed by atoms with Gasteiger partial charge in [0, 0.05) is 5.75 Å². The molecule has 0 bridgehead atoms. The Bertz CT molecular complexity index is 655. The number of halogens is 2. The maximum absolute atomic E-state index is 6.24. The molecule has 0 amide bonds. The minimum Gasteiger partial charge on any atom is -0.332 e. The van der Waals surface area contributed by atoms with E-state index in [-0.39, 0.29) is 0 Å². The second kappa shape index (κ2) is 5.44. The number of hydrogen-bond donors (Lipinski definition) is 1. The van der Waals surface area contributed by atoms with Crippen LogP contribution < -0.4 is 5.32 Å². The zero-order valence-corrected chi connectivity index (χ0v) is 13.1. The fourth-order valence-corrected chi connectivity index (χ4v) is 4.01. The van der Waals surface area contributed by atoms with Gasteiger partial charge in [0.15, 0.2) is 5.17 Å². The SMILES string of the molecule is CCC1CSC(Nc2c(Cl)cc(Cl)c3nsnc23)=N1. The van der Waals surface area contributed by atoms with Crippen molar-refractivity contribution in [2.24, 2.45) is 4.99 Å². The van der Waals surface area contributed by atoms with E-state index in [1.165, 1.54) is 0 Å². The van der Waals surface area contributed by atoms with Crippen LogP contribution in [0.2, 0.25) is 10.0 Å². The predicted octanol–water partition coefficient (Wildman–Crippen LogP) is 4.29. The van der Waals surface area contributed by atoms with Crippen molar-refractivity contribution in [1.29, 1.82) is 0 Å². The van der Waals surface area contributed by atoms with Gasteiger partial charge in [-0.05, 0) is 12.5 Å². The lowest BCUT2D eigenvalue weighted by Gasteiger charge is -2.08. The predicted molar refractivity (Wildman–Crippen MR) is 85.0 cm³/mol. The molecular weight excluding hydrogens is 323 g/mol. The average molecular weight is 333 g/mol.